The molecule has 0 fully saturated rings. The Morgan fingerprint density at radius 2 is 2.00 bits per heavy atom. The zero-order valence-corrected chi connectivity index (χ0v) is 13.2. The number of nitriles is 1. The van der Waals surface area contributed by atoms with E-state index in [1.807, 2.05) is 54.1 Å². The lowest BCUT2D eigenvalue weighted by Gasteiger charge is -2.10. The summed E-state index contributed by atoms with van der Waals surface area (Å²) < 4.78 is 3.09. The van der Waals surface area contributed by atoms with Gasteiger partial charge in [0.15, 0.2) is 0 Å². The van der Waals surface area contributed by atoms with Gasteiger partial charge in [-0.1, -0.05) is 18.2 Å². The number of imidazole rings is 1. The van der Waals surface area contributed by atoms with Crippen molar-refractivity contribution >= 4 is 21.6 Å². The first kappa shape index (κ1) is 13.7. The normalized spacial score (nSPS) is 10.8. The van der Waals surface area contributed by atoms with Crippen LogP contribution in [0.4, 0.5) is 0 Å². The van der Waals surface area contributed by atoms with Crippen LogP contribution in [0.5, 0.6) is 0 Å². The molecule has 2 aromatic carbocycles. The van der Waals surface area contributed by atoms with Gasteiger partial charge in [0.05, 0.1) is 26.5 Å². The Bertz CT molecular complexity index is 1050. The number of hydrogen-bond acceptors (Lipinski definition) is 4. The summed E-state index contributed by atoms with van der Waals surface area (Å²) in [6.07, 6.45) is 3.63. The van der Waals surface area contributed by atoms with Gasteiger partial charge in [-0.2, -0.15) is 5.26 Å². The predicted molar refractivity (Wildman–Crippen MR) is 91.6 cm³/mol. The molecule has 0 radical (unpaired) electrons. The molecule has 0 atom stereocenters. The molecule has 110 valence electrons. The van der Waals surface area contributed by atoms with Crippen LogP contribution in [0.25, 0.3) is 27.3 Å². The molecule has 23 heavy (non-hydrogen) atoms. The number of benzene rings is 2. The van der Waals surface area contributed by atoms with Crippen molar-refractivity contribution in [3.63, 3.8) is 0 Å². The topological polar surface area (TPSA) is 54.5 Å². The van der Waals surface area contributed by atoms with Gasteiger partial charge in [-0.15, -0.1) is 11.3 Å². The van der Waals surface area contributed by atoms with E-state index >= 15 is 0 Å². The second-order valence-corrected chi connectivity index (χ2v) is 6.37. The Labute approximate surface area is 137 Å². The SMILES string of the molecule is Cc1nc2c(-c3nccn3-c3ccccc3C#N)cccc2s1. The van der Waals surface area contributed by atoms with Crippen molar-refractivity contribution in [3.05, 3.63) is 65.4 Å². The number of rotatable bonds is 2. The number of nitrogens with zero attached hydrogens (tertiary/aromatic N) is 4. The minimum absolute atomic E-state index is 0.619. The van der Waals surface area contributed by atoms with E-state index in [1.54, 1.807) is 17.5 Å². The summed E-state index contributed by atoms with van der Waals surface area (Å²) in [5.74, 6) is 0.795. The van der Waals surface area contributed by atoms with Crippen molar-refractivity contribution in [2.45, 2.75) is 6.92 Å². The lowest BCUT2D eigenvalue weighted by molar-refractivity contribution is 1.06. The number of thiazole rings is 1. The molecule has 0 saturated heterocycles. The smallest absolute Gasteiger partial charge is 0.146 e. The highest BCUT2D eigenvalue weighted by atomic mass is 32.1. The van der Waals surface area contributed by atoms with Gasteiger partial charge < -0.3 is 0 Å². The molecule has 5 heteroatoms. The molecule has 0 bridgehead atoms. The van der Waals surface area contributed by atoms with Crippen molar-refractivity contribution in [2.24, 2.45) is 0 Å². The van der Waals surface area contributed by atoms with Crippen LogP contribution >= 0.6 is 11.3 Å². The van der Waals surface area contributed by atoms with Crippen molar-refractivity contribution < 1.29 is 0 Å². The molecule has 0 aliphatic carbocycles. The van der Waals surface area contributed by atoms with Gasteiger partial charge in [0, 0.05) is 18.0 Å². The van der Waals surface area contributed by atoms with E-state index in [9.17, 15) is 5.26 Å². The molecule has 2 aromatic heterocycles. The molecule has 2 heterocycles. The van der Waals surface area contributed by atoms with E-state index in [4.69, 9.17) is 0 Å². The third kappa shape index (κ3) is 2.20. The summed E-state index contributed by atoms with van der Waals surface area (Å²) in [4.78, 5) is 9.16. The molecule has 0 aliphatic rings. The van der Waals surface area contributed by atoms with E-state index in [1.165, 1.54) is 0 Å². The maximum atomic E-state index is 9.36. The molecule has 4 rings (SSSR count). The standard InChI is InChI=1S/C18H12N4S/c1-12-21-17-14(6-4-8-16(17)23-12)18-20-9-10-22(18)15-7-3-2-5-13(15)11-19/h2-10H,1H3. The highest BCUT2D eigenvalue weighted by molar-refractivity contribution is 7.18. The van der Waals surface area contributed by atoms with Crippen molar-refractivity contribution in [2.75, 3.05) is 0 Å². The first-order valence-corrected chi connectivity index (χ1v) is 7.99. The summed E-state index contributed by atoms with van der Waals surface area (Å²) in [6.45, 7) is 2.01. The summed E-state index contributed by atoms with van der Waals surface area (Å²) in [6, 6.07) is 15.9. The Morgan fingerprint density at radius 3 is 2.87 bits per heavy atom. The maximum absolute atomic E-state index is 9.36. The Kier molecular flexibility index (Phi) is 3.18. The van der Waals surface area contributed by atoms with E-state index in [2.05, 4.69) is 22.1 Å². The average Bonchev–Trinajstić information content (AvgIpc) is 3.19. The first-order chi connectivity index (χ1) is 11.3. The third-order valence-corrected chi connectivity index (χ3v) is 4.63. The van der Waals surface area contributed by atoms with Crippen LogP contribution in [0.3, 0.4) is 0 Å². The molecule has 0 amide bonds. The first-order valence-electron chi connectivity index (χ1n) is 7.17. The van der Waals surface area contributed by atoms with Crippen LogP contribution in [0, 0.1) is 18.3 Å². The van der Waals surface area contributed by atoms with E-state index in [0.717, 1.165) is 32.3 Å². The summed E-state index contributed by atoms with van der Waals surface area (Å²) >= 11 is 1.67. The fourth-order valence-electron chi connectivity index (χ4n) is 2.72. The Hall–Kier alpha value is -2.97. The zero-order valence-electron chi connectivity index (χ0n) is 12.4. The molecule has 0 aliphatic heterocycles. The van der Waals surface area contributed by atoms with Crippen LogP contribution in [0.1, 0.15) is 10.6 Å². The van der Waals surface area contributed by atoms with E-state index in [-0.39, 0.29) is 0 Å². The molecule has 4 nitrogen and oxygen atoms in total. The summed E-state index contributed by atoms with van der Waals surface area (Å²) in [5.41, 5.74) is 3.38. The molecule has 4 aromatic rings. The zero-order chi connectivity index (χ0) is 15.8. The van der Waals surface area contributed by atoms with Gasteiger partial charge in [-0.3, -0.25) is 4.57 Å². The van der Waals surface area contributed by atoms with Crippen LogP contribution in [0.15, 0.2) is 54.9 Å². The number of hydrogen-bond donors (Lipinski definition) is 0. The van der Waals surface area contributed by atoms with Crippen LogP contribution in [-0.2, 0) is 0 Å². The fraction of sp³-hybridized carbons (Fsp3) is 0.0556. The van der Waals surface area contributed by atoms with Gasteiger partial charge in [0.2, 0.25) is 0 Å². The van der Waals surface area contributed by atoms with Crippen molar-refractivity contribution in [1.29, 1.82) is 5.26 Å². The van der Waals surface area contributed by atoms with Gasteiger partial charge in [0.25, 0.3) is 0 Å². The van der Waals surface area contributed by atoms with Gasteiger partial charge in [0.1, 0.15) is 11.9 Å². The summed E-state index contributed by atoms with van der Waals surface area (Å²) in [7, 11) is 0. The van der Waals surface area contributed by atoms with E-state index in [0.29, 0.717) is 5.56 Å². The van der Waals surface area contributed by atoms with Gasteiger partial charge in [-0.05, 0) is 31.2 Å². The van der Waals surface area contributed by atoms with E-state index < -0.39 is 0 Å². The maximum Gasteiger partial charge on any atom is 0.146 e. The van der Waals surface area contributed by atoms with Crippen molar-refractivity contribution in [3.8, 4) is 23.1 Å². The number of aryl methyl sites for hydroxylation is 1. The lowest BCUT2D eigenvalue weighted by Crippen LogP contribution is -1.99. The van der Waals surface area contributed by atoms with Crippen LogP contribution in [-0.4, -0.2) is 14.5 Å². The summed E-state index contributed by atoms with van der Waals surface area (Å²) in [5, 5.41) is 10.4. The molecule has 0 spiro atoms. The second kappa shape index (κ2) is 5.34. The highest BCUT2D eigenvalue weighted by Gasteiger charge is 2.15. The minimum Gasteiger partial charge on any atom is -0.298 e. The lowest BCUT2D eigenvalue weighted by atomic mass is 10.1. The quantitative estimate of drug-likeness (QED) is 0.553. The largest absolute Gasteiger partial charge is 0.298 e. The minimum atomic E-state index is 0.619. The average molecular weight is 316 g/mol. The third-order valence-electron chi connectivity index (χ3n) is 3.69. The fourth-order valence-corrected chi connectivity index (χ4v) is 3.57. The number of para-hydroxylation sites is 2. The molecular formula is C18H12N4S. The predicted octanol–water partition coefficient (Wildman–Crippen LogP) is 4.33. The van der Waals surface area contributed by atoms with Crippen LogP contribution < -0.4 is 0 Å². The van der Waals surface area contributed by atoms with Crippen molar-refractivity contribution in [1.82, 2.24) is 14.5 Å². The number of fused-ring (bicyclic) bond motifs is 1. The van der Waals surface area contributed by atoms with Gasteiger partial charge in [-0.25, -0.2) is 9.97 Å². The van der Waals surface area contributed by atoms with Gasteiger partial charge >= 0.3 is 0 Å². The molecular weight excluding hydrogens is 304 g/mol. The second-order valence-electron chi connectivity index (χ2n) is 5.14. The Balaban J connectivity index is 1.98. The van der Waals surface area contributed by atoms with Crippen LogP contribution in [0.2, 0.25) is 0 Å². The number of aromatic nitrogens is 3. The monoisotopic (exact) mass is 316 g/mol. The molecule has 0 saturated carbocycles. The molecule has 0 N–H and O–H groups in total. The Morgan fingerprint density at radius 1 is 1.13 bits per heavy atom. The highest BCUT2D eigenvalue weighted by Crippen LogP contribution is 2.32. The molecule has 0 unspecified atom stereocenters.